The first-order chi connectivity index (χ1) is 11.8. The molecule has 0 radical (unpaired) electrons. The Hall–Kier alpha value is -2.29. The zero-order chi connectivity index (χ0) is 18.6. The molecule has 0 saturated carbocycles. The molecule has 3 nitrogen and oxygen atoms in total. The van der Waals surface area contributed by atoms with Gasteiger partial charge in [0.15, 0.2) is 6.10 Å². The molecule has 0 saturated heterocycles. The lowest BCUT2D eigenvalue weighted by atomic mass is 9.98. The molecule has 0 bridgehead atoms. The average Bonchev–Trinajstić information content (AvgIpc) is 2.56. The Morgan fingerprint density at radius 3 is 2.12 bits per heavy atom. The monoisotopic (exact) mass is 339 g/mol. The van der Waals surface area contributed by atoms with Gasteiger partial charge in [0.1, 0.15) is 5.75 Å². The van der Waals surface area contributed by atoms with E-state index in [-0.39, 0.29) is 5.91 Å². The minimum Gasteiger partial charge on any atom is -0.481 e. The molecule has 3 heteroatoms. The number of nitrogens with one attached hydrogen (secondary N) is 1. The molecular formula is C22H29NO2. The van der Waals surface area contributed by atoms with Crippen LogP contribution < -0.4 is 10.1 Å². The number of rotatable bonds is 6. The summed E-state index contributed by atoms with van der Waals surface area (Å²) in [4.78, 5) is 12.6. The first-order valence-corrected chi connectivity index (χ1v) is 8.96. The van der Waals surface area contributed by atoms with Crippen LogP contribution in [0.5, 0.6) is 5.75 Å². The van der Waals surface area contributed by atoms with Crippen LogP contribution in [0.15, 0.2) is 42.5 Å². The number of amides is 1. The third-order valence-electron chi connectivity index (χ3n) is 4.40. The number of carbonyl (C=O) groups is 1. The molecule has 0 aromatic heterocycles. The average molecular weight is 339 g/mol. The summed E-state index contributed by atoms with van der Waals surface area (Å²) in [6.45, 7) is 12.3. The number of ether oxygens (including phenoxy) is 1. The fraction of sp³-hybridized carbons (Fsp3) is 0.409. The summed E-state index contributed by atoms with van der Waals surface area (Å²) in [5.74, 6) is 1.39. The van der Waals surface area contributed by atoms with E-state index in [1.165, 1.54) is 5.56 Å². The van der Waals surface area contributed by atoms with Gasteiger partial charge in [-0.25, -0.2) is 0 Å². The number of aryl methyl sites for hydroxylation is 1. The van der Waals surface area contributed by atoms with Crippen LogP contribution in [0.3, 0.4) is 0 Å². The molecule has 1 unspecified atom stereocenters. The summed E-state index contributed by atoms with van der Waals surface area (Å²) < 4.78 is 5.81. The van der Waals surface area contributed by atoms with Crippen molar-refractivity contribution in [2.24, 2.45) is 0 Å². The van der Waals surface area contributed by atoms with E-state index in [0.717, 1.165) is 16.8 Å². The Kier molecular flexibility index (Phi) is 6.24. The number of benzene rings is 2. The van der Waals surface area contributed by atoms with Gasteiger partial charge in [0, 0.05) is 5.69 Å². The summed E-state index contributed by atoms with van der Waals surface area (Å²) >= 11 is 0. The van der Waals surface area contributed by atoms with Crippen molar-refractivity contribution < 1.29 is 9.53 Å². The van der Waals surface area contributed by atoms with Gasteiger partial charge >= 0.3 is 0 Å². The topological polar surface area (TPSA) is 38.3 Å². The van der Waals surface area contributed by atoms with Crippen LogP contribution in [0.2, 0.25) is 0 Å². The summed E-state index contributed by atoms with van der Waals surface area (Å²) in [5.41, 5.74) is 4.36. The van der Waals surface area contributed by atoms with Crippen LogP contribution in [-0.2, 0) is 4.79 Å². The standard InChI is InChI=1S/C22H29NO2/c1-14(2)18-10-12-19(13-11-18)25-17(6)22(24)23-21-16(5)8-7-9-20(21)15(3)4/h7-15,17H,1-6H3,(H,23,24). The Bertz CT molecular complexity index is 717. The fourth-order valence-electron chi connectivity index (χ4n) is 2.76. The Balaban J connectivity index is 2.08. The number of carbonyl (C=O) groups excluding carboxylic acids is 1. The van der Waals surface area contributed by atoms with Gasteiger partial charge in [-0.05, 0) is 54.5 Å². The van der Waals surface area contributed by atoms with E-state index in [2.05, 4.69) is 39.1 Å². The molecule has 0 aliphatic rings. The van der Waals surface area contributed by atoms with Crippen molar-refractivity contribution in [3.05, 3.63) is 59.2 Å². The van der Waals surface area contributed by atoms with E-state index < -0.39 is 6.10 Å². The highest BCUT2D eigenvalue weighted by molar-refractivity contribution is 5.95. The number of para-hydroxylation sites is 1. The highest BCUT2D eigenvalue weighted by Gasteiger charge is 2.18. The van der Waals surface area contributed by atoms with Crippen LogP contribution in [0, 0.1) is 6.92 Å². The molecule has 0 aliphatic heterocycles. The van der Waals surface area contributed by atoms with Crippen LogP contribution in [0.4, 0.5) is 5.69 Å². The lowest BCUT2D eigenvalue weighted by molar-refractivity contribution is -0.122. The first kappa shape index (κ1) is 19.0. The predicted molar refractivity (Wildman–Crippen MR) is 105 cm³/mol. The molecule has 0 spiro atoms. The maximum Gasteiger partial charge on any atom is 0.265 e. The van der Waals surface area contributed by atoms with Crippen molar-refractivity contribution >= 4 is 11.6 Å². The molecule has 0 aliphatic carbocycles. The van der Waals surface area contributed by atoms with Crippen molar-refractivity contribution in [1.29, 1.82) is 0 Å². The summed E-state index contributed by atoms with van der Waals surface area (Å²) in [6.07, 6.45) is -0.565. The quantitative estimate of drug-likeness (QED) is 0.739. The minimum atomic E-state index is -0.565. The van der Waals surface area contributed by atoms with E-state index in [1.54, 1.807) is 6.92 Å². The summed E-state index contributed by atoms with van der Waals surface area (Å²) in [7, 11) is 0. The normalized spacial score (nSPS) is 12.3. The smallest absolute Gasteiger partial charge is 0.265 e. The first-order valence-electron chi connectivity index (χ1n) is 8.96. The van der Waals surface area contributed by atoms with Crippen molar-refractivity contribution in [2.75, 3.05) is 5.32 Å². The molecule has 1 amide bonds. The molecule has 1 atom stereocenters. The van der Waals surface area contributed by atoms with Crippen LogP contribution in [0.1, 0.15) is 63.1 Å². The van der Waals surface area contributed by atoms with Crippen molar-refractivity contribution in [3.8, 4) is 5.75 Å². The van der Waals surface area contributed by atoms with Gasteiger partial charge in [0.25, 0.3) is 5.91 Å². The number of anilines is 1. The van der Waals surface area contributed by atoms with E-state index >= 15 is 0 Å². The highest BCUT2D eigenvalue weighted by atomic mass is 16.5. The van der Waals surface area contributed by atoms with E-state index in [4.69, 9.17) is 4.74 Å². The Labute approximate surface area is 151 Å². The van der Waals surface area contributed by atoms with Gasteiger partial charge in [-0.2, -0.15) is 0 Å². The fourth-order valence-corrected chi connectivity index (χ4v) is 2.76. The third-order valence-corrected chi connectivity index (χ3v) is 4.40. The van der Waals surface area contributed by atoms with Crippen molar-refractivity contribution in [3.63, 3.8) is 0 Å². The maximum atomic E-state index is 12.6. The molecule has 2 rings (SSSR count). The van der Waals surface area contributed by atoms with Gasteiger partial charge in [-0.3, -0.25) is 4.79 Å². The third kappa shape index (κ3) is 4.85. The van der Waals surface area contributed by atoms with Crippen LogP contribution >= 0.6 is 0 Å². The summed E-state index contributed by atoms with van der Waals surface area (Å²) in [6, 6.07) is 14.0. The lowest BCUT2D eigenvalue weighted by Gasteiger charge is -2.19. The molecule has 2 aromatic carbocycles. The molecule has 134 valence electrons. The Morgan fingerprint density at radius 1 is 0.920 bits per heavy atom. The molecule has 0 fully saturated rings. The predicted octanol–water partition coefficient (Wildman–Crippen LogP) is 5.65. The second-order valence-corrected chi connectivity index (χ2v) is 7.17. The van der Waals surface area contributed by atoms with E-state index in [0.29, 0.717) is 17.6 Å². The van der Waals surface area contributed by atoms with Crippen molar-refractivity contribution in [2.45, 2.75) is 59.5 Å². The number of hydrogen-bond donors (Lipinski definition) is 1. The second kappa shape index (κ2) is 8.19. The van der Waals surface area contributed by atoms with Gasteiger partial charge in [0.05, 0.1) is 0 Å². The highest BCUT2D eigenvalue weighted by Crippen LogP contribution is 2.28. The molecule has 0 heterocycles. The van der Waals surface area contributed by atoms with Gasteiger partial charge in [0.2, 0.25) is 0 Å². The zero-order valence-electron chi connectivity index (χ0n) is 16.1. The van der Waals surface area contributed by atoms with Gasteiger partial charge < -0.3 is 10.1 Å². The zero-order valence-corrected chi connectivity index (χ0v) is 16.1. The van der Waals surface area contributed by atoms with Crippen molar-refractivity contribution in [1.82, 2.24) is 0 Å². The second-order valence-electron chi connectivity index (χ2n) is 7.17. The Morgan fingerprint density at radius 2 is 1.56 bits per heavy atom. The SMILES string of the molecule is Cc1cccc(C(C)C)c1NC(=O)C(C)Oc1ccc(C(C)C)cc1. The van der Waals surface area contributed by atoms with Gasteiger partial charge in [-0.1, -0.05) is 58.0 Å². The summed E-state index contributed by atoms with van der Waals surface area (Å²) in [5, 5.41) is 3.05. The van der Waals surface area contributed by atoms with Crippen LogP contribution in [0.25, 0.3) is 0 Å². The molecule has 2 aromatic rings. The van der Waals surface area contributed by atoms with Crippen LogP contribution in [-0.4, -0.2) is 12.0 Å². The molecule has 1 N–H and O–H groups in total. The van der Waals surface area contributed by atoms with Gasteiger partial charge in [-0.15, -0.1) is 0 Å². The number of hydrogen-bond acceptors (Lipinski definition) is 2. The lowest BCUT2D eigenvalue weighted by Crippen LogP contribution is -2.30. The molecular weight excluding hydrogens is 310 g/mol. The maximum absolute atomic E-state index is 12.6. The minimum absolute atomic E-state index is 0.135. The van der Waals surface area contributed by atoms with E-state index in [1.807, 2.05) is 43.3 Å². The molecule has 25 heavy (non-hydrogen) atoms. The largest absolute Gasteiger partial charge is 0.481 e. The van der Waals surface area contributed by atoms with E-state index in [9.17, 15) is 4.79 Å².